The maximum atomic E-state index is 11.5. The van der Waals surface area contributed by atoms with Gasteiger partial charge in [-0.05, 0) is 11.4 Å². The molecule has 8 heteroatoms. The Morgan fingerprint density at radius 2 is 2.28 bits per heavy atom. The molecule has 18 heavy (non-hydrogen) atoms. The molecule has 6 nitrogen and oxygen atoms in total. The number of nitrogens with one attached hydrogen (secondary N) is 1. The summed E-state index contributed by atoms with van der Waals surface area (Å²) in [5, 5.41) is 14.5. The molecule has 0 aliphatic heterocycles. The average molecular weight is 284 g/mol. The molecule has 94 valence electrons. The molecule has 1 amide bonds. The van der Waals surface area contributed by atoms with Crippen LogP contribution < -0.4 is 5.48 Å². The predicted octanol–water partition coefficient (Wildman–Crippen LogP) is 1.62. The monoisotopic (exact) mass is 284 g/mol. The Morgan fingerprint density at radius 1 is 1.44 bits per heavy atom. The zero-order chi connectivity index (χ0) is 13.0. The maximum absolute atomic E-state index is 11.5. The molecular weight excluding hydrogens is 276 g/mol. The quantitative estimate of drug-likeness (QED) is 0.814. The van der Waals surface area contributed by atoms with E-state index in [2.05, 4.69) is 9.82 Å². The fourth-order valence-corrected chi connectivity index (χ4v) is 2.62. The van der Waals surface area contributed by atoms with E-state index in [0.29, 0.717) is 0 Å². The Balaban J connectivity index is 1.97. The Bertz CT molecular complexity index is 550. The highest BCUT2D eigenvalue weighted by Crippen LogP contribution is 2.25. The van der Waals surface area contributed by atoms with Crippen molar-refractivity contribution in [2.24, 2.45) is 0 Å². The minimum absolute atomic E-state index is 0.201. The van der Waals surface area contributed by atoms with Crippen LogP contribution in [-0.4, -0.2) is 28.6 Å². The second-order valence-electron chi connectivity index (χ2n) is 3.16. The third-order valence-electron chi connectivity index (χ3n) is 1.87. The summed E-state index contributed by atoms with van der Waals surface area (Å²) >= 11 is 2.88. The van der Waals surface area contributed by atoms with E-state index in [1.807, 2.05) is 22.3 Å². The van der Waals surface area contributed by atoms with Crippen LogP contribution >= 0.6 is 22.7 Å². The van der Waals surface area contributed by atoms with Crippen LogP contribution in [0.5, 0.6) is 0 Å². The number of carboxylic acid groups (broad SMARTS) is 1. The number of nitrogens with zero attached hydrogens (tertiary/aromatic N) is 1. The SMILES string of the molecule is O=C(O)CONC(=O)c1csc(-c2ccsc2)n1. The highest BCUT2D eigenvalue weighted by Gasteiger charge is 2.12. The van der Waals surface area contributed by atoms with Gasteiger partial charge in [-0.2, -0.15) is 11.3 Å². The van der Waals surface area contributed by atoms with E-state index in [9.17, 15) is 9.59 Å². The molecule has 2 N–H and O–H groups in total. The van der Waals surface area contributed by atoms with Crippen LogP contribution in [0.15, 0.2) is 22.2 Å². The lowest BCUT2D eigenvalue weighted by molar-refractivity contribution is -0.144. The molecular formula is C10H8N2O4S2. The van der Waals surface area contributed by atoms with Gasteiger partial charge in [0.05, 0.1) is 0 Å². The lowest BCUT2D eigenvalue weighted by Gasteiger charge is -2.00. The largest absolute Gasteiger partial charge is 0.479 e. The topological polar surface area (TPSA) is 88.5 Å². The molecule has 0 atom stereocenters. The summed E-state index contributed by atoms with van der Waals surface area (Å²) in [5.41, 5.74) is 3.17. The number of carboxylic acids is 1. The molecule has 2 aromatic rings. The van der Waals surface area contributed by atoms with Gasteiger partial charge in [0.15, 0.2) is 6.61 Å². The number of aromatic nitrogens is 1. The molecule has 0 unspecified atom stereocenters. The van der Waals surface area contributed by atoms with E-state index in [-0.39, 0.29) is 5.69 Å². The molecule has 0 aliphatic carbocycles. The molecule has 0 fully saturated rings. The summed E-state index contributed by atoms with van der Waals surface area (Å²) in [4.78, 5) is 30.3. The standard InChI is InChI=1S/C10H8N2O4S2/c13-8(14)3-16-12-9(15)7-5-18-10(11-7)6-1-2-17-4-6/h1-2,4-5H,3H2,(H,12,15)(H,13,14). The zero-order valence-electron chi connectivity index (χ0n) is 8.95. The minimum atomic E-state index is -1.16. The van der Waals surface area contributed by atoms with Gasteiger partial charge in [0, 0.05) is 16.3 Å². The van der Waals surface area contributed by atoms with Crippen molar-refractivity contribution in [3.05, 3.63) is 27.9 Å². The van der Waals surface area contributed by atoms with E-state index in [1.165, 1.54) is 11.3 Å². The molecule has 2 rings (SSSR count). The van der Waals surface area contributed by atoms with Crippen molar-refractivity contribution >= 4 is 34.6 Å². The number of rotatable bonds is 5. The van der Waals surface area contributed by atoms with Crippen LogP contribution in [0.3, 0.4) is 0 Å². The van der Waals surface area contributed by atoms with Crippen molar-refractivity contribution < 1.29 is 19.5 Å². The first-order valence-electron chi connectivity index (χ1n) is 4.79. The van der Waals surface area contributed by atoms with Crippen LogP contribution in [0.2, 0.25) is 0 Å². The van der Waals surface area contributed by atoms with Crippen LogP contribution in [0, 0.1) is 0 Å². The van der Waals surface area contributed by atoms with Gasteiger partial charge in [-0.1, -0.05) is 0 Å². The molecule has 0 aliphatic rings. The average Bonchev–Trinajstić information content (AvgIpc) is 2.99. The Labute approximate surface area is 110 Å². The smallest absolute Gasteiger partial charge is 0.332 e. The fraction of sp³-hybridized carbons (Fsp3) is 0.100. The van der Waals surface area contributed by atoms with Gasteiger partial charge in [-0.25, -0.2) is 15.3 Å². The van der Waals surface area contributed by atoms with Crippen molar-refractivity contribution in [3.63, 3.8) is 0 Å². The van der Waals surface area contributed by atoms with Gasteiger partial charge < -0.3 is 5.11 Å². The summed E-state index contributed by atoms with van der Waals surface area (Å²) in [5.74, 6) is -1.72. The summed E-state index contributed by atoms with van der Waals surface area (Å²) in [6, 6.07) is 1.91. The van der Waals surface area contributed by atoms with Gasteiger partial charge in [-0.3, -0.25) is 9.63 Å². The lowest BCUT2D eigenvalue weighted by Crippen LogP contribution is -2.26. The number of thiophene rings is 1. The number of carbonyl (C=O) groups is 2. The normalized spacial score (nSPS) is 10.2. The molecule has 0 bridgehead atoms. The first kappa shape index (κ1) is 12.7. The third-order valence-corrected chi connectivity index (χ3v) is 3.44. The highest BCUT2D eigenvalue weighted by molar-refractivity contribution is 7.14. The second-order valence-corrected chi connectivity index (χ2v) is 4.80. The Hall–Kier alpha value is -1.77. The zero-order valence-corrected chi connectivity index (χ0v) is 10.6. The second kappa shape index (κ2) is 5.71. The van der Waals surface area contributed by atoms with Crippen molar-refractivity contribution in [3.8, 4) is 10.6 Å². The third kappa shape index (κ3) is 3.13. The number of hydroxylamine groups is 1. The van der Waals surface area contributed by atoms with Gasteiger partial charge in [-0.15, -0.1) is 11.3 Å². The molecule has 0 aromatic carbocycles. The maximum Gasteiger partial charge on any atom is 0.332 e. The highest BCUT2D eigenvalue weighted by atomic mass is 32.1. The predicted molar refractivity (Wildman–Crippen MR) is 66.5 cm³/mol. The summed E-state index contributed by atoms with van der Waals surface area (Å²) in [6.07, 6.45) is 0. The number of thiazole rings is 1. The van der Waals surface area contributed by atoms with Crippen molar-refractivity contribution in [2.45, 2.75) is 0 Å². The number of amides is 1. The number of carbonyl (C=O) groups excluding carboxylic acids is 1. The van der Waals surface area contributed by atoms with E-state index in [1.54, 1.807) is 16.7 Å². The van der Waals surface area contributed by atoms with E-state index >= 15 is 0 Å². The lowest BCUT2D eigenvalue weighted by atomic mass is 10.3. The summed E-state index contributed by atoms with van der Waals surface area (Å²) < 4.78 is 0. The number of hydrogen-bond donors (Lipinski definition) is 2. The van der Waals surface area contributed by atoms with E-state index in [0.717, 1.165) is 10.6 Å². The molecule has 2 heterocycles. The molecule has 0 saturated carbocycles. The van der Waals surface area contributed by atoms with Crippen molar-refractivity contribution in [2.75, 3.05) is 6.61 Å². The molecule has 2 aromatic heterocycles. The van der Waals surface area contributed by atoms with E-state index < -0.39 is 18.5 Å². The summed E-state index contributed by atoms with van der Waals surface area (Å²) in [7, 11) is 0. The molecule has 0 spiro atoms. The van der Waals surface area contributed by atoms with Gasteiger partial charge >= 0.3 is 5.97 Å². The molecule has 0 saturated heterocycles. The van der Waals surface area contributed by atoms with Crippen LogP contribution in [0.1, 0.15) is 10.5 Å². The number of hydrogen-bond acceptors (Lipinski definition) is 6. The summed E-state index contributed by atoms with van der Waals surface area (Å²) in [6.45, 7) is -0.590. The van der Waals surface area contributed by atoms with Crippen LogP contribution in [-0.2, 0) is 9.63 Å². The Morgan fingerprint density at radius 3 is 2.94 bits per heavy atom. The minimum Gasteiger partial charge on any atom is -0.479 e. The van der Waals surface area contributed by atoms with Gasteiger partial charge in [0.2, 0.25) is 0 Å². The molecule has 0 radical (unpaired) electrons. The fourth-order valence-electron chi connectivity index (χ4n) is 1.11. The Kier molecular flexibility index (Phi) is 4.03. The van der Waals surface area contributed by atoms with Crippen molar-refractivity contribution in [1.29, 1.82) is 0 Å². The first-order chi connectivity index (χ1) is 8.66. The number of aliphatic carboxylic acids is 1. The van der Waals surface area contributed by atoms with Crippen LogP contribution in [0.25, 0.3) is 10.6 Å². The van der Waals surface area contributed by atoms with Crippen LogP contribution in [0.4, 0.5) is 0 Å². The van der Waals surface area contributed by atoms with E-state index in [4.69, 9.17) is 5.11 Å². The van der Waals surface area contributed by atoms with Gasteiger partial charge in [0.25, 0.3) is 5.91 Å². The van der Waals surface area contributed by atoms with Gasteiger partial charge in [0.1, 0.15) is 10.7 Å². The van der Waals surface area contributed by atoms with Crippen molar-refractivity contribution in [1.82, 2.24) is 10.5 Å². The first-order valence-corrected chi connectivity index (χ1v) is 6.61.